The smallest absolute Gasteiger partial charge is 0.328 e. The van der Waals surface area contributed by atoms with Gasteiger partial charge < -0.3 is 10.6 Å². The van der Waals surface area contributed by atoms with Crippen LogP contribution in [0.3, 0.4) is 0 Å². The van der Waals surface area contributed by atoms with E-state index in [9.17, 15) is 18.0 Å². The number of carbonyl (C=O) groups is 2. The van der Waals surface area contributed by atoms with Crippen LogP contribution in [0.15, 0.2) is 29.2 Å². The molecule has 23 heavy (non-hydrogen) atoms. The van der Waals surface area contributed by atoms with Gasteiger partial charge in [-0.25, -0.2) is 17.9 Å². The summed E-state index contributed by atoms with van der Waals surface area (Å²) in [7, 11) is -3.93. The molecular weight excluding hydrogens is 318 g/mol. The van der Waals surface area contributed by atoms with Gasteiger partial charge in [0.1, 0.15) is 0 Å². The Balaban J connectivity index is 1.97. The van der Waals surface area contributed by atoms with E-state index in [1.54, 1.807) is 0 Å². The molecular formula is C15H21N3O4S. The zero-order valence-electron chi connectivity index (χ0n) is 13.0. The molecule has 1 fully saturated rings. The lowest BCUT2D eigenvalue weighted by Crippen LogP contribution is -2.45. The van der Waals surface area contributed by atoms with Crippen molar-refractivity contribution >= 4 is 27.6 Å². The molecule has 1 aromatic rings. The summed E-state index contributed by atoms with van der Waals surface area (Å²) in [4.78, 5) is 22.8. The lowest BCUT2D eigenvalue weighted by atomic mass is 9.96. The molecule has 0 bridgehead atoms. The van der Waals surface area contributed by atoms with Crippen molar-refractivity contribution in [2.75, 3.05) is 5.32 Å². The van der Waals surface area contributed by atoms with Gasteiger partial charge in [-0.05, 0) is 37.1 Å². The molecule has 1 aromatic carbocycles. The highest BCUT2D eigenvalue weighted by molar-refractivity contribution is 7.90. The Labute approximate surface area is 135 Å². The fraction of sp³-hybridized carbons (Fsp3) is 0.467. The first kappa shape index (κ1) is 17.3. The van der Waals surface area contributed by atoms with Gasteiger partial charge in [-0.1, -0.05) is 19.3 Å². The topological polar surface area (TPSA) is 104 Å². The lowest BCUT2D eigenvalue weighted by Gasteiger charge is -2.22. The minimum absolute atomic E-state index is 0.0288. The first-order chi connectivity index (χ1) is 10.9. The minimum atomic E-state index is -3.93. The highest BCUT2D eigenvalue weighted by Gasteiger charge is 2.21. The van der Waals surface area contributed by atoms with E-state index < -0.39 is 16.1 Å². The molecule has 2 rings (SSSR count). The molecule has 0 radical (unpaired) electrons. The first-order valence-corrected chi connectivity index (χ1v) is 9.06. The second kappa shape index (κ2) is 7.45. The standard InChI is InChI=1S/C15H21N3O4S/c1-11(19)16-13-7-9-14(10-8-13)23(21,22)18-15(20)17-12-5-3-2-4-6-12/h7-10,12H,2-6H2,1H3,(H,16,19)(H2,17,18,20). The summed E-state index contributed by atoms with van der Waals surface area (Å²) in [6.07, 6.45) is 4.99. The van der Waals surface area contributed by atoms with Gasteiger partial charge in [0.05, 0.1) is 4.90 Å². The number of benzene rings is 1. The van der Waals surface area contributed by atoms with Crippen molar-refractivity contribution in [1.82, 2.24) is 10.0 Å². The van der Waals surface area contributed by atoms with Crippen molar-refractivity contribution in [2.24, 2.45) is 0 Å². The number of sulfonamides is 1. The Bertz CT molecular complexity index is 664. The third-order valence-corrected chi connectivity index (χ3v) is 5.00. The van der Waals surface area contributed by atoms with Crippen molar-refractivity contribution in [2.45, 2.75) is 50.0 Å². The summed E-state index contributed by atoms with van der Waals surface area (Å²) in [6, 6.07) is 4.93. The average Bonchev–Trinajstić information content (AvgIpc) is 2.47. The summed E-state index contributed by atoms with van der Waals surface area (Å²) in [6.45, 7) is 1.36. The van der Waals surface area contributed by atoms with Crippen LogP contribution in [0.5, 0.6) is 0 Å². The fourth-order valence-corrected chi connectivity index (χ4v) is 3.48. The molecule has 1 aliphatic rings. The summed E-state index contributed by atoms with van der Waals surface area (Å²) in [5, 5.41) is 5.24. The quantitative estimate of drug-likeness (QED) is 0.780. The molecule has 1 saturated carbocycles. The van der Waals surface area contributed by atoms with Crippen molar-refractivity contribution in [3.05, 3.63) is 24.3 Å². The van der Waals surface area contributed by atoms with Crippen LogP contribution in [-0.4, -0.2) is 26.4 Å². The molecule has 0 unspecified atom stereocenters. The largest absolute Gasteiger partial charge is 0.335 e. The van der Waals surface area contributed by atoms with E-state index in [2.05, 4.69) is 10.6 Å². The highest BCUT2D eigenvalue weighted by atomic mass is 32.2. The average molecular weight is 339 g/mol. The van der Waals surface area contributed by atoms with Gasteiger partial charge in [-0.3, -0.25) is 4.79 Å². The van der Waals surface area contributed by atoms with E-state index in [1.165, 1.54) is 31.2 Å². The van der Waals surface area contributed by atoms with Gasteiger partial charge in [0.25, 0.3) is 10.0 Å². The summed E-state index contributed by atoms with van der Waals surface area (Å²) >= 11 is 0. The first-order valence-electron chi connectivity index (χ1n) is 7.58. The molecule has 0 heterocycles. The van der Waals surface area contributed by atoms with Crippen molar-refractivity contribution in [3.8, 4) is 0 Å². The molecule has 0 aliphatic heterocycles. The number of carbonyl (C=O) groups excluding carboxylic acids is 2. The number of hydrogen-bond acceptors (Lipinski definition) is 4. The Hall–Kier alpha value is -2.09. The Morgan fingerprint density at radius 2 is 1.65 bits per heavy atom. The molecule has 0 aromatic heterocycles. The zero-order chi connectivity index (χ0) is 16.9. The highest BCUT2D eigenvalue weighted by Crippen LogP contribution is 2.17. The predicted octanol–water partition coefficient (Wildman–Crippen LogP) is 1.97. The molecule has 3 N–H and O–H groups in total. The number of hydrogen-bond donors (Lipinski definition) is 3. The molecule has 7 nitrogen and oxygen atoms in total. The van der Waals surface area contributed by atoms with E-state index >= 15 is 0 Å². The number of anilines is 1. The maximum Gasteiger partial charge on any atom is 0.328 e. The van der Waals surface area contributed by atoms with Crippen LogP contribution in [0.2, 0.25) is 0 Å². The predicted molar refractivity (Wildman–Crippen MR) is 86.5 cm³/mol. The molecule has 0 spiro atoms. The van der Waals surface area contributed by atoms with Gasteiger partial charge >= 0.3 is 6.03 Å². The van der Waals surface area contributed by atoms with Crippen LogP contribution in [0, 0.1) is 0 Å². The van der Waals surface area contributed by atoms with E-state index in [4.69, 9.17) is 0 Å². The van der Waals surface area contributed by atoms with Crippen LogP contribution in [0.25, 0.3) is 0 Å². The van der Waals surface area contributed by atoms with Gasteiger partial charge in [0, 0.05) is 18.7 Å². The van der Waals surface area contributed by atoms with Crippen molar-refractivity contribution in [1.29, 1.82) is 0 Å². The monoisotopic (exact) mass is 339 g/mol. The number of rotatable bonds is 4. The van der Waals surface area contributed by atoms with Crippen LogP contribution in [0.1, 0.15) is 39.0 Å². The van der Waals surface area contributed by atoms with Gasteiger partial charge in [0.15, 0.2) is 0 Å². The van der Waals surface area contributed by atoms with E-state index in [1.807, 2.05) is 4.72 Å². The van der Waals surface area contributed by atoms with Gasteiger partial charge in [-0.2, -0.15) is 0 Å². The van der Waals surface area contributed by atoms with Gasteiger partial charge in [-0.15, -0.1) is 0 Å². The Morgan fingerprint density at radius 3 is 2.22 bits per heavy atom. The normalized spacial score (nSPS) is 15.7. The number of urea groups is 1. The van der Waals surface area contributed by atoms with E-state index in [-0.39, 0.29) is 16.8 Å². The molecule has 8 heteroatoms. The zero-order valence-corrected chi connectivity index (χ0v) is 13.8. The van der Waals surface area contributed by atoms with Crippen molar-refractivity contribution in [3.63, 3.8) is 0 Å². The van der Waals surface area contributed by atoms with E-state index in [0.717, 1.165) is 32.1 Å². The second-order valence-corrected chi connectivity index (χ2v) is 7.30. The van der Waals surface area contributed by atoms with Crippen LogP contribution < -0.4 is 15.4 Å². The third kappa shape index (κ3) is 5.24. The SMILES string of the molecule is CC(=O)Nc1ccc(S(=O)(=O)NC(=O)NC2CCCCC2)cc1. The maximum absolute atomic E-state index is 12.2. The van der Waals surface area contributed by atoms with Crippen LogP contribution >= 0.6 is 0 Å². The summed E-state index contributed by atoms with van der Waals surface area (Å²) in [5.74, 6) is -0.245. The Morgan fingerprint density at radius 1 is 1.04 bits per heavy atom. The van der Waals surface area contributed by atoms with Gasteiger partial charge in [0.2, 0.25) is 5.91 Å². The second-order valence-electron chi connectivity index (χ2n) is 5.62. The molecule has 126 valence electrons. The molecule has 0 atom stereocenters. The maximum atomic E-state index is 12.2. The minimum Gasteiger partial charge on any atom is -0.335 e. The molecule has 0 saturated heterocycles. The number of amides is 3. The van der Waals surface area contributed by atoms with E-state index in [0.29, 0.717) is 5.69 Å². The Kier molecular flexibility index (Phi) is 5.59. The third-order valence-electron chi connectivity index (χ3n) is 3.65. The summed E-state index contributed by atoms with van der Waals surface area (Å²) in [5.41, 5.74) is 0.489. The van der Waals surface area contributed by atoms with Crippen LogP contribution in [-0.2, 0) is 14.8 Å². The van der Waals surface area contributed by atoms with Crippen molar-refractivity contribution < 1.29 is 18.0 Å². The molecule has 1 aliphatic carbocycles. The lowest BCUT2D eigenvalue weighted by molar-refractivity contribution is -0.114. The summed E-state index contributed by atoms with van der Waals surface area (Å²) < 4.78 is 26.3. The fourth-order valence-electron chi connectivity index (χ4n) is 2.56. The molecule has 3 amide bonds. The van der Waals surface area contributed by atoms with Crippen LogP contribution in [0.4, 0.5) is 10.5 Å². The number of nitrogens with one attached hydrogen (secondary N) is 3.